The first-order chi connectivity index (χ1) is 18.2. The fourth-order valence-corrected chi connectivity index (χ4v) is 4.60. The van der Waals surface area contributed by atoms with E-state index < -0.39 is 17.7 Å². The zero-order valence-electron chi connectivity index (χ0n) is 21.4. The van der Waals surface area contributed by atoms with Gasteiger partial charge in [0.25, 0.3) is 5.91 Å². The van der Waals surface area contributed by atoms with Gasteiger partial charge in [0, 0.05) is 29.4 Å². The molecule has 3 aromatic carbocycles. The van der Waals surface area contributed by atoms with Crippen molar-refractivity contribution < 1.29 is 24.2 Å². The lowest BCUT2D eigenvalue weighted by Gasteiger charge is -2.44. The summed E-state index contributed by atoms with van der Waals surface area (Å²) >= 11 is 0. The lowest BCUT2D eigenvalue weighted by Crippen LogP contribution is -2.55. The summed E-state index contributed by atoms with van der Waals surface area (Å²) in [6.45, 7) is 4.46. The molecular weight excluding hydrogens is 484 g/mol. The maximum absolute atomic E-state index is 12.9. The van der Waals surface area contributed by atoms with Gasteiger partial charge in [0.05, 0.1) is 11.4 Å². The van der Waals surface area contributed by atoms with Gasteiger partial charge in [-0.15, -0.1) is 0 Å². The molecule has 4 rings (SSSR count). The summed E-state index contributed by atoms with van der Waals surface area (Å²) in [6.07, 6.45) is -0.137. The van der Waals surface area contributed by atoms with E-state index in [0.717, 1.165) is 11.3 Å². The first-order valence-corrected chi connectivity index (χ1v) is 12.5. The van der Waals surface area contributed by atoms with Crippen LogP contribution in [-0.2, 0) is 11.3 Å². The largest absolute Gasteiger partial charge is 0.465 e. The van der Waals surface area contributed by atoms with E-state index in [4.69, 9.17) is 4.74 Å². The highest BCUT2D eigenvalue weighted by Crippen LogP contribution is 2.30. The standard InChI is InChI=1S/C29H32N4O5/c1-29(2)18-23(16-17-33(29)28(36)37)30-22-14-12-21(13-15-22)26(34)31-24-10-6-7-11-25(24)32-27(35)38-19-20-8-4-3-5-9-20/h3-15,23,30H,16-19H2,1-2H3,(H,31,34)(H,32,35)(H,36,37). The minimum atomic E-state index is -0.898. The number of amides is 3. The maximum Gasteiger partial charge on any atom is 0.412 e. The summed E-state index contributed by atoms with van der Waals surface area (Å²) in [5.74, 6) is -0.320. The molecule has 0 spiro atoms. The summed E-state index contributed by atoms with van der Waals surface area (Å²) in [5.41, 5.74) is 2.59. The van der Waals surface area contributed by atoms with Gasteiger partial charge in [-0.1, -0.05) is 42.5 Å². The van der Waals surface area contributed by atoms with Crippen molar-refractivity contribution in [2.24, 2.45) is 0 Å². The van der Waals surface area contributed by atoms with Crippen molar-refractivity contribution >= 4 is 35.2 Å². The van der Waals surface area contributed by atoms with Crippen LogP contribution in [0.5, 0.6) is 0 Å². The molecule has 38 heavy (non-hydrogen) atoms. The molecule has 1 fully saturated rings. The monoisotopic (exact) mass is 516 g/mol. The molecule has 4 N–H and O–H groups in total. The topological polar surface area (TPSA) is 120 Å². The number of rotatable bonds is 7. The van der Waals surface area contributed by atoms with Crippen molar-refractivity contribution in [3.8, 4) is 0 Å². The predicted molar refractivity (Wildman–Crippen MR) is 147 cm³/mol. The van der Waals surface area contributed by atoms with Crippen LogP contribution in [0.1, 0.15) is 42.6 Å². The highest BCUT2D eigenvalue weighted by molar-refractivity contribution is 6.07. The van der Waals surface area contributed by atoms with Crippen LogP contribution >= 0.6 is 0 Å². The van der Waals surface area contributed by atoms with E-state index in [2.05, 4.69) is 16.0 Å². The van der Waals surface area contributed by atoms with Crippen LogP contribution in [0.25, 0.3) is 0 Å². The Kier molecular flexibility index (Phi) is 8.15. The Bertz CT molecular complexity index is 1280. The maximum atomic E-state index is 12.9. The predicted octanol–water partition coefficient (Wildman–Crippen LogP) is 6.02. The molecule has 0 aliphatic carbocycles. The average molecular weight is 517 g/mol. The summed E-state index contributed by atoms with van der Waals surface area (Å²) in [6, 6.07) is 23.5. The molecule has 1 saturated heterocycles. The number of hydrogen-bond acceptors (Lipinski definition) is 5. The number of benzene rings is 3. The summed E-state index contributed by atoms with van der Waals surface area (Å²) in [5, 5.41) is 18.4. The fraction of sp³-hybridized carbons (Fsp3) is 0.276. The molecule has 3 amide bonds. The molecule has 3 aromatic rings. The summed E-state index contributed by atoms with van der Waals surface area (Å²) < 4.78 is 5.28. The van der Waals surface area contributed by atoms with Gasteiger partial charge in [-0.25, -0.2) is 9.59 Å². The SMILES string of the molecule is CC1(C)CC(Nc2ccc(C(=O)Nc3ccccc3NC(=O)OCc3ccccc3)cc2)CCN1C(=O)O. The van der Waals surface area contributed by atoms with Gasteiger partial charge >= 0.3 is 12.2 Å². The quantitative estimate of drug-likeness (QED) is 0.305. The van der Waals surface area contributed by atoms with E-state index in [9.17, 15) is 19.5 Å². The Morgan fingerprint density at radius 1 is 0.921 bits per heavy atom. The molecule has 9 heteroatoms. The first kappa shape index (κ1) is 26.5. The third kappa shape index (κ3) is 6.82. The Labute approximate surface area is 221 Å². The summed E-state index contributed by atoms with van der Waals surface area (Å²) in [4.78, 5) is 38.2. The van der Waals surface area contributed by atoms with Crippen LogP contribution in [0.4, 0.5) is 26.7 Å². The summed E-state index contributed by atoms with van der Waals surface area (Å²) in [7, 11) is 0. The van der Waals surface area contributed by atoms with Crippen LogP contribution in [0.2, 0.25) is 0 Å². The molecule has 0 radical (unpaired) electrons. The third-order valence-electron chi connectivity index (χ3n) is 6.55. The van der Waals surface area contributed by atoms with E-state index in [1.807, 2.05) is 56.3 Å². The first-order valence-electron chi connectivity index (χ1n) is 12.5. The second kappa shape index (κ2) is 11.7. The minimum absolute atomic E-state index is 0.125. The van der Waals surface area contributed by atoms with Crippen molar-refractivity contribution in [3.05, 3.63) is 90.0 Å². The molecule has 0 bridgehead atoms. The lowest BCUT2D eigenvalue weighted by atomic mass is 9.87. The number of carbonyl (C=O) groups excluding carboxylic acids is 2. The Hall–Kier alpha value is -4.53. The lowest BCUT2D eigenvalue weighted by molar-refractivity contribution is 0.0641. The average Bonchev–Trinajstić information content (AvgIpc) is 2.89. The van der Waals surface area contributed by atoms with Crippen LogP contribution in [0.3, 0.4) is 0 Å². The van der Waals surface area contributed by atoms with Gasteiger partial charge in [-0.2, -0.15) is 0 Å². The highest BCUT2D eigenvalue weighted by atomic mass is 16.5. The van der Waals surface area contributed by atoms with Crippen LogP contribution in [0, 0.1) is 0 Å². The van der Waals surface area contributed by atoms with Crippen molar-refractivity contribution in [1.82, 2.24) is 4.90 Å². The van der Waals surface area contributed by atoms with Crippen molar-refractivity contribution in [3.63, 3.8) is 0 Å². The molecular formula is C29H32N4O5. The second-order valence-electron chi connectivity index (χ2n) is 9.84. The number of hydrogen-bond donors (Lipinski definition) is 4. The number of nitrogens with one attached hydrogen (secondary N) is 3. The molecule has 1 atom stereocenters. The Morgan fingerprint density at radius 2 is 1.55 bits per heavy atom. The molecule has 1 aliphatic heterocycles. The van der Waals surface area contributed by atoms with Gasteiger partial charge in [-0.3, -0.25) is 10.1 Å². The van der Waals surface area contributed by atoms with E-state index >= 15 is 0 Å². The highest BCUT2D eigenvalue weighted by Gasteiger charge is 2.37. The molecule has 9 nitrogen and oxygen atoms in total. The Morgan fingerprint density at radius 3 is 2.18 bits per heavy atom. The number of para-hydroxylation sites is 2. The smallest absolute Gasteiger partial charge is 0.412 e. The van der Waals surface area contributed by atoms with Crippen molar-refractivity contribution in [2.75, 3.05) is 22.5 Å². The van der Waals surface area contributed by atoms with Gasteiger partial charge in [0.15, 0.2) is 0 Å². The number of anilines is 3. The molecule has 1 heterocycles. The fourth-order valence-electron chi connectivity index (χ4n) is 4.60. The van der Waals surface area contributed by atoms with E-state index in [-0.39, 0.29) is 18.6 Å². The van der Waals surface area contributed by atoms with Crippen LogP contribution in [-0.4, -0.2) is 46.2 Å². The zero-order valence-corrected chi connectivity index (χ0v) is 21.4. The number of nitrogens with zero attached hydrogens (tertiary/aromatic N) is 1. The molecule has 1 unspecified atom stereocenters. The molecule has 0 aromatic heterocycles. The number of carbonyl (C=O) groups is 3. The normalized spacial score (nSPS) is 16.3. The van der Waals surface area contributed by atoms with Crippen molar-refractivity contribution in [2.45, 2.75) is 44.9 Å². The van der Waals surface area contributed by atoms with Crippen LogP contribution in [0.15, 0.2) is 78.9 Å². The number of ether oxygens (including phenoxy) is 1. The van der Waals surface area contributed by atoms with Gasteiger partial charge < -0.3 is 25.4 Å². The third-order valence-corrected chi connectivity index (χ3v) is 6.55. The van der Waals surface area contributed by atoms with Crippen molar-refractivity contribution in [1.29, 1.82) is 0 Å². The number of likely N-dealkylation sites (tertiary alicyclic amines) is 1. The minimum Gasteiger partial charge on any atom is -0.465 e. The zero-order chi connectivity index (χ0) is 27.1. The molecule has 198 valence electrons. The van der Waals surface area contributed by atoms with E-state index in [1.54, 1.807) is 36.4 Å². The molecule has 1 aliphatic rings. The molecule has 0 saturated carbocycles. The van der Waals surface area contributed by atoms with Crippen LogP contribution < -0.4 is 16.0 Å². The van der Waals surface area contributed by atoms with Gasteiger partial charge in [-0.05, 0) is 68.7 Å². The Balaban J connectivity index is 1.33. The number of carboxylic acid groups (broad SMARTS) is 1. The van der Waals surface area contributed by atoms with E-state index in [0.29, 0.717) is 36.3 Å². The van der Waals surface area contributed by atoms with Gasteiger partial charge in [0.1, 0.15) is 6.61 Å². The van der Waals surface area contributed by atoms with Gasteiger partial charge in [0.2, 0.25) is 0 Å². The number of piperidine rings is 1. The van der Waals surface area contributed by atoms with E-state index in [1.165, 1.54) is 4.90 Å². The second-order valence-corrected chi connectivity index (χ2v) is 9.84.